The van der Waals surface area contributed by atoms with Crippen molar-refractivity contribution in [1.82, 2.24) is 20.1 Å². The van der Waals surface area contributed by atoms with Gasteiger partial charge in [0.1, 0.15) is 5.82 Å². The molecule has 0 aromatic carbocycles. The van der Waals surface area contributed by atoms with Crippen molar-refractivity contribution >= 4 is 35.8 Å². The van der Waals surface area contributed by atoms with Crippen LogP contribution in [0.5, 0.6) is 0 Å². The Morgan fingerprint density at radius 2 is 1.87 bits per heavy atom. The van der Waals surface area contributed by atoms with E-state index in [0.29, 0.717) is 12.6 Å². The number of likely N-dealkylation sites (tertiary alicyclic amines) is 1. The Kier molecular flexibility index (Phi) is 11.2. The molecule has 2 aliphatic heterocycles. The van der Waals surface area contributed by atoms with Crippen LogP contribution in [-0.2, 0) is 11.3 Å². The van der Waals surface area contributed by atoms with Crippen LogP contribution in [0.25, 0.3) is 0 Å². The minimum atomic E-state index is 0. The Hall–Kier alpha value is -1.13. The van der Waals surface area contributed by atoms with Crippen molar-refractivity contribution < 1.29 is 4.74 Å². The first kappa shape index (κ1) is 25.1. The van der Waals surface area contributed by atoms with Gasteiger partial charge in [0.15, 0.2) is 5.96 Å². The van der Waals surface area contributed by atoms with Gasteiger partial charge in [-0.2, -0.15) is 0 Å². The Morgan fingerprint density at radius 1 is 1.13 bits per heavy atom. The van der Waals surface area contributed by atoms with E-state index >= 15 is 0 Å². The van der Waals surface area contributed by atoms with Crippen molar-refractivity contribution in [1.29, 1.82) is 0 Å². The van der Waals surface area contributed by atoms with Gasteiger partial charge in [0.05, 0.1) is 12.6 Å². The van der Waals surface area contributed by atoms with Crippen LogP contribution < -0.4 is 10.2 Å². The standard InChI is InChI=1S/C22H38N6O.HI/c1-4-23-22(28-11-8-20(9-12-28)29-6-3)25-18-19-7-10-24-21(17-19)27-15-13-26(5-2)14-16-27;/h7,10,17,20H,4-6,8-9,11-16,18H2,1-3H3,(H,23,25);1H. The lowest BCUT2D eigenvalue weighted by Gasteiger charge is -2.35. The average Bonchev–Trinajstić information content (AvgIpc) is 2.78. The summed E-state index contributed by atoms with van der Waals surface area (Å²) in [5, 5.41) is 3.46. The first-order valence-corrected chi connectivity index (χ1v) is 11.3. The van der Waals surface area contributed by atoms with Crippen molar-refractivity contribution in [2.45, 2.75) is 46.3 Å². The van der Waals surface area contributed by atoms with Gasteiger partial charge in [-0.25, -0.2) is 9.98 Å². The van der Waals surface area contributed by atoms with Gasteiger partial charge in [-0.1, -0.05) is 6.92 Å². The molecule has 0 amide bonds. The highest BCUT2D eigenvalue weighted by Gasteiger charge is 2.21. The molecule has 0 saturated carbocycles. The van der Waals surface area contributed by atoms with Gasteiger partial charge in [0.25, 0.3) is 0 Å². The van der Waals surface area contributed by atoms with Crippen molar-refractivity contribution in [2.24, 2.45) is 4.99 Å². The predicted molar refractivity (Wildman–Crippen MR) is 135 cm³/mol. The molecule has 3 rings (SSSR count). The van der Waals surface area contributed by atoms with E-state index in [4.69, 9.17) is 9.73 Å². The van der Waals surface area contributed by atoms with E-state index in [9.17, 15) is 0 Å². The summed E-state index contributed by atoms with van der Waals surface area (Å²) < 4.78 is 5.78. The Labute approximate surface area is 199 Å². The maximum Gasteiger partial charge on any atom is 0.194 e. The van der Waals surface area contributed by atoms with Crippen LogP contribution in [0.3, 0.4) is 0 Å². The zero-order chi connectivity index (χ0) is 20.5. The molecule has 0 unspecified atom stereocenters. The van der Waals surface area contributed by atoms with Crippen LogP contribution >= 0.6 is 24.0 Å². The topological polar surface area (TPSA) is 56.2 Å². The lowest BCUT2D eigenvalue weighted by atomic mass is 10.1. The van der Waals surface area contributed by atoms with Gasteiger partial charge in [-0.15, -0.1) is 24.0 Å². The van der Waals surface area contributed by atoms with Crippen LogP contribution in [-0.4, -0.2) is 85.8 Å². The van der Waals surface area contributed by atoms with Crippen LogP contribution in [0.15, 0.2) is 23.3 Å². The quantitative estimate of drug-likeness (QED) is 0.333. The van der Waals surface area contributed by atoms with Gasteiger partial charge in [-0.05, 0) is 50.9 Å². The molecular formula is C22H39IN6O. The third-order valence-corrected chi connectivity index (χ3v) is 5.84. The first-order chi connectivity index (χ1) is 14.2. The van der Waals surface area contributed by atoms with Gasteiger partial charge < -0.3 is 24.8 Å². The third-order valence-electron chi connectivity index (χ3n) is 5.84. The number of hydrogen-bond donors (Lipinski definition) is 1. The molecule has 7 nitrogen and oxygen atoms in total. The molecule has 0 aliphatic carbocycles. The second-order valence-electron chi connectivity index (χ2n) is 7.76. The summed E-state index contributed by atoms with van der Waals surface area (Å²) in [6, 6.07) is 4.29. The van der Waals surface area contributed by atoms with E-state index < -0.39 is 0 Å². The Morgan fingerprint density at radius 3 is 2.50 bits per heavy atom. The maximum atomic E-state index is 5.78. The van der Waals surface area contributed by atoms with Crippen LogP contribution in [0.2, 0.25) is 0 Å². The molecule has 1 aromatic rings. The highest BCUT2D eigenvalue weighted by molar-refractivity contribution is 14.0. The van der Waals surface area contributed by atoms with Gasteiger partial charge in [0.2, 0.25) is 0 Å². The third kappa shape index (κ3) is 7.23. The van der Waals surface area contributed by atoms with Crippen molar-refractivity contribution in [2.75, 3.05) is 63.9 Å². The maximum absolute atomic E-state index is 5.78. The highest BCUT2D eigenvalue weighted by atomic mass is 127. The zero-order valence-electron chi connectivity index (χ0n) is 18.8. The predicted octanol–water partition coefficient (Wildman–Crippen LogP) is 2.81. The van der Waals surface area contributed by atoms with E-state index in [-0.39, 0.29) is 24.0 Å². The van der Waals surface area contributed by atoms with E-state index in [2.05, 4.69) is 57.9 Å². The summed E-state index contributed by atoms with van der Waals surface area (Å²) in [7, 11) is 0. The largest absolute Gasteiger partial charge is 0.378 e. The molecule has 2 saturated heterocycles. The molecule has 0 radical (unpaired) electrons. The van der Waals surface area contributed by atoms with E-state index in [0.717, 1.165) is 83.6 Å². The number of anilines is 1. The number of piperazine rings is 1. The average molecular weight is 530 g/mol. The molecular weight excluding hydrogens is 491 g/mol. The molecule has 1 aromatic heterocycles. The lowest BCUT2D eigenvalue weighted by Crippen LogP contribution is -2.47. The number of guanidine groups is 1. The number of rotatable bonds is 7. The highest BCUT2D eigenvalue weighted by Crippen LogP contribution is 2.17. The van der Waals surface area contributed by atoms with Crippen LogP contribution in [0, 0.1) is 0 Å². The molecule has 1 N–H and O–H groups in total. The van der Waals surface area contributed by atoms with Crippen LogP contribution in [0.1, 0.15) is 39.2 Å². The van der Waals surface area contributed by atoms with E-state index in [1.807, 2.05) is 6.20 Å². The fourth-order valence-corrected chi connectivity index (χ4v) is 4.09. The molecule has 3 heterocycles. The van der Waals surface area contributed by atoms with Crippen LogP contribution in [0.4, 0.5) is 5.82 Å². The number of aliphatic imine (C=N–C) groups is 1. The molecule has 2 aliphatic rings. The zero-order valence-corrected chi connectivity index (χ0v) is 21.2. The van der Waals surface area contributed by atoms with Gasteiger partial charge in [-0.3, -0.25) is 0 Å². The number of likely N-dealkylation sites (N-methyl/N-ethyl adjacent to an activating group) is 1. The number of pyridine rings is 1. The monoisotopic (exact) mass is 530 g/mol. The van der Waals surface area contributed by atoms with Gasteiger partial charge in [0, 0.05) is 58.6 Å². The summed E-state index contributed by atoms with van der Waals surface area (Å²) in [6.07, 6.45) is 4.46. The molecule has 170 valence electrons. The van der Waals surface area contributed by atoms with Gasteiger partial charge >= 0.3 is 0 Å². The van der Waals surface area contributed by atoms with E-state index in [1.165, 1.54) is 5.56 Å². The Bertz CT molecular complexity index is 642. The lowest BCUT2D eigenvalue weighted by molar-refractivity contribution is 0.0263. The summed E-state index contributed by atoms with van der Waals surface area (Å²) in [6.45, 7) is 16.2. The van der Waals surface area contributed by atoms with E-state index in [1.54, 1.807) is 0 Å². The molecule has 0 atom stereocenters. The number of nitrogens with zero attached hydrogens (tertiary/aromatic N) is 5. The van der Waals surface area contributed by atoms with Crippen molar-refractivity contribution in [3.63, 3.8) is 0 Å². The summed E-state index contributed by atoms with van der Waals surface area (Å²) in [5.41, 5.74) is 1.22. The number of aromatic nitrogens is 1. The first-order valence-electron chi connectivity index (χ1n) is 11.3. The fraction of sp³-hybridized carbons (Fsp3) is 0.727. The minimum Gasteiger partial charge on any atom is -0.378 e. The van der Waals surface area contributed by atoms with Crippen molar-refractivity contribution in [3.8, 4) is 0 Å². The second-order valence-corrected chi connectivity index (χ2v) is 7.76. The number of ether oxygens (including phenoxy) is 1. The summed E-state index contributed by atoms with van der Waals surface area (Å²) >= 11 is 0. The molecule has 2 fully saturated rings. The second kappa shape index (κ2) is 13.3. The number of piperidine rings is 1. The summed E-state index contributed by atoms with van der Waals surface area (Å²) in [5.74, 6) is 2.09. The van der Waals surface area contributed by atoms with Crippen molar-refractivity contribution in [3.05, 3.63) is 23.9 Å². The normalized spacial score (nSPS) is 19.0. The minimum absolute atomic E-state index is 0. The molecule has 8 heteroatoms. The number of halogens is 1. The number of hydrogen-bond acceptors (Lipinski definition) is 5. The molecule has 0 spiro atoms. The Balaban J connectivity index is 0.00000320. The molecule has 30 heavy (non-hydrogen) atoms. The SMILES string of the molecule is CCNC(=NCc1ccnc(N2CCN(CC)CC2)c1)N1CCC(OCC)CC1.I. The smallest absolute Gasteiger partial charge is 0.194 e. The number of nitrogens with one attached hydrogen (secondary N) is 1. The molecule has 0 bridgehead atoms. The summed E-state index contributed by atoms with van der Waals surface area (Å²) in [4.78, 5) is 16.8. The fourth-order valence-electron chi connectivity index (χ4n) is 4.09.